The van der Waals surface area contributed by atoms with E-state index >= 15 is 0 Å². The van der Waals surface area contributed by atoms with Crippen LogP contribution in [0.1, 0.15) is 12.5 Å². The fourth-order valence-corrected chi connectivity index (χ4v) is 3.76. The van der Waals surface area contributed by atoms with Crippen molar-refractivity contribution in [1.82, 2.24) is 14.3 Å². The van der Waals surface area contributed by atoms with Crippen molar-refractivity contribution in [3.05, 3.63) is 48.2 Å². The molecule has 0 saturated carbocycles. The van der Waals surface area contributed by atoms with Gasteiger partial charge in [-0.1, -0.05) is 12.1 Å². The highest BCUT2D eigenvalue weighted by molar-refractivity contribution is 7.89. The summed E-state index contributed by atoms with van der Waals surface area (Å²) in [5.74, 6) is -0.178. The summed E-state index contributed by atoms with van der Waals surface area (Å²) in [5.41, 5.74) is 0.641. The molecule has 0 saturated heterocycles. The van der Waals surface area contributed by atoms with Crippen LogP contribution in [0.5, 0.6) is 0 Å². The number of sulfonamides is 1. The van der Waals surface area contributed by atoms with Crippen molar-refractivity contribution in [2.45, 2.75) is 24.7 Å². The van der Waals surface area contributed by atoms with Crippen molar-refractivity contribution >= 4 is 15.8 Å². The number of ether oxygens (including phenoxy) is 1. The lowest BCUT2D eigenvalue weighted by Gasteiger charge is -2.35. The Bertz CT molecular complexity index is 798. The van der Waals surface area contributed by atoms with Gasteiger partial charge in [-0.25, -0.2) is 22.8 Å². The predicted octanol–water partition coefficient (Wildman–Crippen LogP) is 1.55. The maximum absolute atomic E-state index is 13.0. The van der Waals surface area contributed by atoms with Crippen LogP contribution in [-0.4, -0.2) is 35.6 Å². The number of hydrogen-bond acceptors (Lipinski definition) is 6. The summed E-state index contributed by atoms with van der Waals surface area (Å²) in [6.07, 6.45) is 1.61. The van der Waals surface area contributed by atoms with Gasteiger partial charge in [0.25, 0.3) is 10.0 Å². The lowest BCUT2D eigenvalue weighted by molar-refractivity contribution is 0.00161. The summed E-state index contributed by atoms with van der Waals surface area (Å²) in [7, 11) is -3.84. The van der Waals surface area contributed by atoms with E-state index in [1.807, 2.05) is 0 Å². The van der Waals surface area contributed by atoms with Crippen molar-refractivity contribution in [1.29, 1.82) is 0 Å². The van der Waals surface area contributed by atoms with Crippen molar-refractivity contribution in [2.75, 3.05) is 11.9 Å². The molecule has 1 atom stereocenters. The van der Waals surface area contributed by atoms with Gasteiger partial charge in [0, 0.05) is 13.2 Å². The molecule has 0 radical (unpaired) electrons. The largest absolute Gasteiger partial charge is 0.344 e. The highest BCUT2D eigenvalue weighted by Gasteiger charge is 2.39. The molecule has 9 heteroatoms. The number of rotatable bonds is 4. The van der Waals surface area contributed by atoms with Gasteiger partial charge in [0.15, 0.2) is 5.82 Å². The molecule has 0 amide bonds. The van der Waals surface area contributed by atoms with Crippen molar-refractivity contribution in [2.24, 2.45) is 0 Å². The quantitative estimate of drug-likeness (QED) is 0.910. The number of benzene rings is 1. The van der Waals surface area contributed by atoms with Crippen LogP contribution >= 0.6 is 0 Å². The predicted molar refractivity (Wildman–Crippen MR) is 80.2 cm³/mol. The number of fused-ring (bicyclic) bond motifs is 1. The zero-order chi connectivity index (χ0) is 16.4. The van der Waals surface area contributed by atoms with E-state index in [1.54, 1.807) is 6.92 Å². The molecule has 1 aliphatic rings. The van der Waals surface area contributed by atoms with Crippen LogP contribution in [0, 0.1) is 5.82 Å². The van der Waals surface area contributed by atoms with Crippen LogP contribution in [-0.2, 0) is 21.3 Å². The summed E-state index contributed by atoms with van der Waals surface area (Å²) in [4.78, 5) is 7.70. The molecule has 3 rings (SSSR count). The standard InChI is InChI=1S/C14H15FN4O3S/c1-2-22-14-18-13-12(7-16-9-17-13)23(20,21)19(14)8-10-3-5-11(15)6-4-10/h3-7,9,14H,2,8H2,1H3,(H,16,17,18). The maximum Gasteiger partial charge on any atom is 0.252 e. The molecule has 0 fully saturated rings. The molecule has 0 spiro atoms. The molecule has 0 bridgehead atoms. The molecule has 1 aromatic heterocycles. The SMILES string of the molecule is CCOC1Nc2ncncc2S(=O)(=O)N1Cc1ccc(F)cc1. The molecule has 0 aliphatic carbocycles. The Kier molecular flexibility index (Phi) is 4.24. The van der Waals surface area contributed by atoms with E-state index in [-0.39, 0.29) is 23.1 Å². The van der Waals surface area contributed by atoms with Crippen molar-refractivity contribution < 1.29 is 17.5 Å². The van der Waals surface area contributed by atoms with Gasteiger partial charge in [-0.2, -0.15) is 0 Å². The van der Waals surface area contributed by atoms with Crippen molar-refractivity contribution in [3.8, 4) is 0 Å². The topological polar surface area (TPSA) is 84.4 Å². The average Bonchev–Trinajstić information content (AvgIpc) is 2.53. The van der Waals surface area contributed by atoms with E-state index < -0.39 is 16.4 Å². The third-order valence-corrected chi connectivity index (χ3v) is 5.16. The Hall–Kier alpha value is -2.10. The van der Waals surface area contributed by atoms with Gasteiger partial charge in [-0.15, -0.1) is 4.31 Å². The lowest BCUT2D eigenvalue weighted by Crippen LogP contribution is -2.49. The van der Waals surface area contributed by atoms with Gasteiger partial charge in [0.2, 0.25) is 6.35 Å². The molecule has 1 N–H and O–H groups in total. The van der Waals surface area contributed by atoms with Crippen molar-refractivity contribution in [3.63, 3.8) is 0 Å². The van der Waals surface area contributed by atoms with Crippen LogP contribution in [0.4, 0.5) is 10.2 Å². The molecule has 7 nitrogen and oxygen atoms in total. The molecular formula is C14H15FN4O3S. The van der Waals surface area contributed by atoms with Gasteiger partial charge in [0.05, 0.1) is 6.20 Å². The second-order valence-electron chi connectivity index (χ2n) is 4.86. The molecule has 1 aromatic carbocycles. The Morgan fingerprint density at radius 1 is 1.35 bits per heavy atom. The first-order chi connectivity index (χ1) is 11.0. The summed E-state index contributed by atoms with van der Waals surface area (Å²) in [5, 5.41) is 2.93. The fourth-order valence-electron chi connectivity index (χ4n) is 2.28. The second-order valence-corrected chi connectivity index (χ2v) is 6.72. The van der Waals surface area contributed by atoms with Crippen LogP contribution in [0.2, 0.25) is 0 Å². The van der Waals surface area contributed by atoms with E-state index in [0.717, 1.165) is 4.31 Å². The van der Waals surface area contributed by atoms with E-state index in [9.17, 15) is 12.8 Å². The number of halogens is 1. The number of nitrogens with zero attached hydrogens (tertiary/aromatic N) is 3. The van der Waals surface area contributed by atoms with Crippen LogP contribution in [0.3, 0.4) is 0 Å². The first-order valence-corrected chi connectivity index (χ1v) is 8.41. The lowest BCUT2D eigenvalue weighted by atomic mass is 10.2. The number of aromatic nitrogens is 2. The maximum atomic E-state index is 13.0. The molecule has 122 valence electrons. The van der Waals surface area contributed by atoms with E-state index in [2.05, 4.69) is 15.3 Å². The summed E-state index contributed by atoms with van der Waals surface area (Å²) >= 11 is 0. The minimum atomic E-state index is -3.84. The van der Waals surface area contributed by atoms with Gasteiger partial charge in [0.1, 0.15) is 17.0 Å². The summed E-state index contributed by atoms with van der Waals surface area (Å²) in [6.45, 7) is 2.11. The monoisotopic (exact) mass is 338 g/mol. The Labute approximate surface area is 133 Å². The molecule has 2 heterocycles. The van der Waals surface area contributed by atoms with Crippen LogP contribution in [0.25, 0.3) is 0 Å². The van der Waals surface area contributed by atoms with E-state index in [1.165, 1.54) is 36.8 Å². The van der Waals surface area contributed by atoms with Crippen LogP contribution < -0.4 is 5.32 Å². The molecular weight excluding hydrogens is 323 g/mol. The summed E-state index contributed by atoms with van der Waals surface area (Å²) in [6, 6.07) is 5.63. The van der Waals surface area contributed by atoms with Gasteiger partial charge < -0.3 is 10.1 Å². The molecule has 2 aromatic rings. The van der Waals surface area contributed by atoms with Crippen LogP contribution in [0.15, 0.2) is 41.7 Å². The number of anilines is 1. The minimum Gasteiger partial charge on any atom is -0.344 e. The Morgan fingerprint density at radius 2 is 2.09 bits per heavy atom. The number of hydrogen-bond donors (Lipinski definition) is 1. The van der Waals surface area contributed by atoms with E-state index in [4.69, 9.17) is 4.74 Å². The first-order valence-electron chi connectivity index (χ1n) is 6.97. The zero-order valence-electron chi connectivity index (χ0n) is 12.3. The second kappa shape index (κ2) is 6.19. The smallest absolute Gasteiger partial charge is 0.252 e. The third kappa shape index (κ3) is 3.03. The number of nitrogens with one attached hydrogen (secondary N) is 1. The molecule has 1 unspecified atom stereocenters. The third-order valence-electron chi connectivity index (χ3n) is 3.36. The fraction of sp³-hybridized carbons (Fsp3) is 0.286. The van der Waals surface area contributed by atoms with Gasteiger partial charge >= 0.3 is 0 Å². The van der Waals surface area contributed by atoms with Gasteiger partial charge in [-0.05, 0) is 24.6 Å². The molecule has 23 heavy (non-hydrogen) atoms. The highest BCUT2D eigenvalue weighted by Crippen LogP contribution is 2.31. The zero-order valence-corrected chi connectivity index (χ0v) is 13.1. The normalized spacial score (nSPS) is 19.8. The summed E-state index contributed by atoms with van der Waals surface area (Å²) < 4.78 is 45.3. The van der Waals surface area contributed by atoms with Gasteiger partial charge in [-0.3, -0.25) is 0 Å². The Balaban J connectivity index is 1.99. The molecule has 1 aliphatic heterocycles. The average molecular weight is 338 g/mol. The minimum absolute atomic E-state index is 0.0157. The highest BCUT2D eigenvalue weighted by atomic mass is 32.2. The van der Waals surface area contributed by atoms with E-state index in [0.29, 0.717) is 12.2 Å². The Morgan fingerprint density at radius 3 is 2.78 bits per heavy atom. The first kappa shape index (κ1) is 15.8.